The van der Waals surface area contributed by atoms with Crippen LogP contribution in [-0.4, -0.2) is 41.4 Å². The van der Waals surface area contributed by atoms with Crippen molar-refractivity contribution in [2.75, 3.05) is 19.7 Å². The molecule has 0 radical (unpaired) electrons. The lowest BCUT2D eigenvalue weighted by Crippen LogP contribution is -2.30. The first-order valence-corrected chi connectivity index (χ1v) is 9.27. The maximum absolute atomic E-state index is 12.1. The Morgan fingerprint density at radius 2 is 2.11 bits per heavy atom. The first-order chi connectivity index (χ1) is 13.1. The number of pyridine rings is 1. The number of fused-ring (bicyclic) bond motifs is 1. The largest absolute Gasteiger partial charge is 0.491 e. The summed E-state index contributed by atoms with van der Waals surface area (Å²) in [6.45, 7) is 3.83. The van der Waals surface area contributed by atoms with Crippen LogP contribution in [0.3, 0.4) is 0 Å². The summed E-state index contributed by atoms with van der Waals surface area (Å²) in [6, 6.07) is 9.87. The zero-order valence-corrected chi connectivity index (χ0v) is 15.6. The Labute approximate surface area is 159 Å². The lowest BCUT2D eigenvalue weighted by Gasteiger charge is -2.17. The zero-order chi connectivity index (χ0) is 19.1. The van der Waals surface area contributed by atoms with Crippen LogP contribution in [0.2, 0.25) is 0 Å². The molecule has 0 spiro atoms. The summed E-state index contributed by atoms with van der Waals surface area (Å²) in [4.78, 5) is 29.6. The minimum absolute atomic E-state index is 0.0374. The highest BCUT2D eigenvalue weighted by Crippen LogP contribution is 2.25. The molecular formula is C21H25N3O3. The van der Waals surface area contributed by atoms with Gasteiger partial charge in [0.1, 0.15) is 12.4 Å². The van der Waals surface area contributed by atoms with E-state index in [9.17, 15) is 9.59 Å². The average Bonchev–Trinajstić information content (AvgIpc) is 2.89. The van der Waals surface area contributed by atoms with E-state index in [1.165, 1.54) is 0 Å². The van der Waals surface area contributed by atoms with Crippen LogP contribution in [0, 0.1) is 0 Å². The lowest BCUT2D eigenvalue weighted by molar-refractivity contribution is -0.129. The van der Waals surface area contributed by atoms with Crippen molar-refractivity contribution in [2.45, 2.75) is 32.7 Å². The summed E-state index contributed by atoms with van der Waals surface area (Å²) in [7, 11) is 0. The molecule has 142 valence electrons. The maximum atomic E-state index is 12.1. The second-order valence-corrected chi connectivity index (χ2v) is 6.69. The van der Waals surface area contributed by atoms with Crippen LogP contribution in [0.1, 0.15) is 30.0 Å². The fourth-order valence-corrected chi connectivity index (χ4v) is 3.11. The summed E-state index contributed by atoms with van der Waals surface area (Å²) < 4.78 is 5.73. The Kier molecular flexibility index (Phi) is 6.41. The van der Waals surface area contributed by atoms with E-state index < -0.39 is 0 Å². The zero-order valence-electron chi connectivity index (χ0n) is 15.6. The number of nitrogens with one attached hydrogen (secondary N) is 1. The van der Waals surface area contributed by atoms with Gasteiger partial charge in [-0.15, -0.1) is 0 Å². The van der Waals surface area contributed by atoms with Gasteiger partial charge in [-0.25, -0.2) is 0 Å². The smallest absolute Gasteiger partial charge is 0.220 e. The molecular weight excluding hydrogens is 342 g/mol. The number of hydrogen-bond donors (Lipinski definition) is 1. The van der Waals surface area contributed by atoms with Crippen LogP contribution in [0.5, 0.6) is 5.75 Å². The molecule has 2 amide bonds. The number of ether oxygens (including phenoxy) is 1. The topological polar surface area (TPSA) is 71.5 Å². The Bertz CT molecular complexity index is 793. The van der Waals surface area contributed by atoms with E-state index in [-0.39, 0.29) is 11.8 Å². The minimum Gasteiger partial charge on any atom is -0.491 e. The van der Waals surface area contributed by atoms with E-state index in [1.807, 2.05) is 36.5 Å². The molecule has 1 aromatic heterocycles. The van der Waals surface area contributed by atoms with Crippen LogP contribution in [0.4, 0.5) is 0 Å². The van der Waals surface area contributed by atoms with E-state index in [4.69, 9.17) is 4.74 Å². The van der Waals surface area contributed by atoms with Crippen molar-refractivity contribution in [1.82, 2.24) is 15.2 Å². The summed E-state index contributed by atoms with van der Waals surface area (Å²) in [5.74, 6) is 0.906. The molecule has 1 aliphatic heterocycles. The van der Waals surface area contributed by atoms with Crippen molar-refractivity contribution in [3.63, 3.8) is 0 Å². The second-order valence-electron chi connectivity index (χ2n) is 6.69. The molecule has 1 N–H and O–H groups in total. The molecule has 0 saturated heterocycles. The molecule has 6 nitrogen and oxygen atoms in total. The van der Waals surface area contributed by atoms with Crippen molar-refractivity contribution >= 4 is 11.8 Å². The number of aromatic nitrogens is 1. The van der Waals surface area contributed by atoms with Gasteiger partial charge in [-0.1, -0.05) is 18.2 Å². The van der Waals surface area contributed by atoms with Crippen LogP contribution < -0.4 is 10.1 Å². The quantitative estimate of drug-likeness (QED) is 0.849. The number of hydrogen-bond acceptors (Lipinski definition) is 4. The van der Waals surface area contributed by atoms with Gasteiger partial charge >= 0.3 is 0 Å². The summed E-state index contributed by atoms with van der Waals surface area (Å²) >= 11 is 0. The monoisotopic (exact) mass is 367 g/mol. The molecule has 0 saturated carbocycles. The van der Waals surface area contributed by atoms with Gasteiger partial charge in [-0.3, -0.25) is 14.6 Å². The summed E-state index contributed by atoms with van der Waals surface area (Å²) in [5, 5.41) is 2.95. The Hall–Kier alpha value is -2.89. The normalized spacial score (nSPS) is 13.3. The molecule has 1 aromatic carbocycles. The molecule has 2 aromatic rings. The lowest BCUT2D eigenvalue weighted by atomic mass is 10.0. The first kappa shape index (κ1) is 18.9. The third kappa shape index (κ3) is 5.54. The van der Waals surface area contributed by atoms with Crippen LogP contribution in [-0.2, 0) is 29.0 Å². The second kappa shape index (κ2) is 9.16. The van der Waals surface area contributed by atoms with Crippen molar-refractivity contribution < 1.29 is 14.3 Å². The molecule has 0 unspecified atom stereocenters. The molecule has 3 rings (SSSR count). The number of benzene rings is 1. The number of nitrogens with zero attached hydrogens (tertiary/aromatic N) is 2. The van der Waals surface area contributed by atoms with E-state index in [2.05, 4.69) is 10.3 Å². The van der Waals surface area contributed by atoms with Gasteiger partial charge in [0.2, 0.25) is 11.8 Å². The Balaban J connectivity index is 1.49. The number of aryl methyl sites for hydroxylation is 1. The highest BCUT2D eigenvalue weighted by Gasteiger charge is 2.17. The number of rotatable bonds is 6. The van der Waals surface area contributed by atoms with Crippen LogP contribution in [0.15, 0.2) is 42.7 Å². The Morgan fingerprint density at radius 3 is 2.89 bits per heavy atom. The molecule has 1 aliphatic rings. The molecule has 0 atom stereocenters. The predicted molar refractivity (Wildman–Crippen MR) is 102 cm³/mol. The predicted octanol–water partition coefficient (Wildman–Crippen LogP) is 2.11. The molecule has 6 heteroatoms. The molecule has 0 bridgehead atoms. The molecule has 2 heterocycles. The van der Waals surface area contributed by atoms with Gasteiger partial charge in [-0.05, 0) is 36.1 Å². The molecule has 0 aliphatic carbocycles. The van der Waals surface area contributed by atoms with Crippen LogP contribution in [0.25, 0.3) is 0 Å². The van der Waals surface area contributed by atoms with E-state index in [0.717, 1.165) is 28.9 Å². The van der Waals surface area contributed by atoms with Gasteiger partial charge in [-0.2, -0.15) is 0 Å². The fraction of sp³-hybridized carbons (Fsp3) is 0.381. The average molecular weight is 367 g/mol. The van der Waals surface area contributed by atoms with Crippen molar-refractivity contribution in [3.8, 4) is 5.75 Å². The van der Waals surface area contributed by atoms with Crippen molar-refractivity contribution in [2.24, 2.45) is 0 Å². The van der Waals surface area contributed by atoms with Crippen molar-refractivity contribution in [3.05, 3.63) is 59.4 Å². The van der Waals surface area contributed by atoms with Crippen LogP contribution >= 0.6 is 0 Å². The third-order valence-corrected chi connectivity index (χ3v) is 4.65. The summed E-state index contributed by atoms with van der Waals surface area (Å²) in [6.07, 6.45) is 5.42. The number of carbonyl (C=O) groups is 2. The van der Waals surface area contributed by atoms with E-state index in [0.29, 0.717) is 39.1 Å². The third-order valence-electron chi connectivity index (χ3n) is 4.65. The van der Waals surface area contributed by atoms with Gasteiger partial charge in [0.15, 0.2) is 0 Å². The fourth-order valence-electron chi connectivity index (χ4n) is 3.11. The van der Waals surface area contributed by atoms with Gasteiger partial charge < -0.3 is 15.0 Å². The minimum atomic E-state index is 0.0374. The SMILES string of the molecule is CC(=O)N1CCOc2ccc(CCC(=O)NCCc3cccnc3)cc2C1. The maximum Gasteiger partial charge on any atom is 0.220 e. The highest BCUT2D eigenvalue weighted by molar-refractivity contribution is 5.76. The van der Waals surface area contributed by atoms with E-state index >= 15 is 0 Å². The van der Waals surface area contributed by atoms with Crippen molar-refractivity contribution in [1.29, 1.82) is 0 Å². The van der Waals surface area contributed by atoms with Gasteiger partial charge in [0, 0.05) is 44.4 Å². The molecule has 27 heavy (non-hydrogen) atoms. The summed E-state index contributed by atoms with van der Waals surface area (Å²) in [5.41, 5.74) is 3.18. The Morgan fingerprint density at radius 1 is 1.22 bits per heavy atom. The van der Waals surface area contributed by atoms with Gasteiger partial charge in [0.25, 0.3) is 0 Å². The number of carbonyl (C=O) groups excluding carboxylic acids is 2. The van der Waals surface area contributed by atoms with E-state index in [1.54, 1.807) is 18.0 Å². The first-order valence-electron chi connectivity index (χ1n) is 9.27. The highest BCUT2D eigenvalue weighted by atomic mass is 16.5. The standard InChI is InChI=1S/C21H25N3O3/c1-16(25)24-11-12-27-20-6-4-17(13-19(20)15-24)5-7-21(26)23-10-8-18-3-2-9-22-14-18/h2-4,6,9,13-14H,5,7-8,10-12,15H2,1H3,(H,23,26). The van der Waals surface area contributed by atoms with Gasteiger partial charge in [0.05, 0.1) is 6.54 Å². The number of amides is 2. The molecule has 0 fully saturated rings.